The van der Waals surface area contributed by atoms with E-state index in [1.54, 1.807) is 0 Å². The second-order valence-corrected chi connectivity index (χ2v) is 7.79. The molecule has 2 N–H and O–H groups in total. The minimum atomic E-state index is -0.377. The number of nitrogens with zero attached hydrogens (tertiary/aromatic N) is 1. The van der Waals surface area contributed by atoms with Crippen LogP contribution in [0.4, 0.5) is 10.5 Å². The molecule has 1 aromatic rings. The van der Waals surface area contributed by atoms with Crippen LogP contribution < -0.4 is 10.6 Å². The number of amides is 3. The molecular formula is C19H29N3O2. The largest absolute Gasteiger partial charge is 0.353 e. The quantitative estimate of drug-likeness (QED) is 0.872. The Kier molecular flexibility index (Phi) is 5.52. The zero-order valence-corrected chi connectivity index (χ0v) is 15.4. The van der Waals surface area contributed by atoms with E-state index in [2.05, 4.69) is 16.7 Å². The lowest BCUT2D eigenvalue weighted by Crippen LogP contribution is -2.49. The van der Waals surface area contributed by atoms with E-state index in [9.17, 15) is 9.59 Å². The van der Waals surface area contributed by atoms with Crippen LogP contribution in [-0.2, 0) is 4.79 Å². The van der Waals surface area contributed by atoms with Crippen molar-refractivity contribution in [2.45, 2.75) is 53.5 Å². The molecule has 1 aliphatic heterocycles. The van der Waals surface area contributed by atoms with Crippen LogP contribution in [0, 0.1) is 19.3 Å². The molecule has 132 valence electrons. The second kappa shape index (κ2) is 7.24. The average molecular weight is 331 g/mol. The molecule has 0 atom stereocenters. The van der Waals surface area contributed by atoms with E-state index in [4.69, 9.17) is 0 Å². The predicted molar refractivity (Wildman–Crippen MR) is 97.1 cm³/mol. The summed E-state index contributed by atoms with van der Waals surface area (Å²) in [7, 11) is 0. The highest BCUT2D eigenvalue weighted by Gasteiger charge is 2.27. The van der Waals surface area contributed by atoms with Gasteiger partial charge in [0, 0.05) is 30.2 Å². The summed E-state index contributed by atoms with van der Waals surface area (Å²) < 4.78 is 0. The van der Waals surface area contributed by atoms with Gasteiger partial charge in [-0.1, -0.05) is 26.8 Å². The molecule has 1 heterocycles. The molecular weight excluding hydrogens is 302 g/mol. The van der Waals surface area contributed by atoms with Crippen molar-refractivity contribution < 1.29 is 9.59 Å². The molecule has 0 radical (unpaired) electrons. The first-order chi connectivity index (χ1) is 11.1. The number of urea groups is 1. The Morgan fingerprint density at radius 1 is 1.04 bits per heavy atom. The molecule has 0 saturated carbocycles. The number of carbonyl (C=O) groups is 2. The SMILES string of the molecule is Cc1cc(C)cc(NC(=O)N2CCC(NC(=O)C(C)(C)C)CC2)c1. The standard InChI is InChI=1S/C19H29N3O2/c1-13-10-14(2)12-16(11-13)21-18(24)22-8-6-15(7-9-22)20-17(23)19(3,4)5/h10-12,15H,6-9H2,1-5H3,(H,20,23)(H,21,24). The molecule has 1 aromatic carbocycles. The first-order valence-corrected chi connectivity index (χ1v) is 8.60. The Balaban J connectivity index is 1.85. The van der Waals surface area contributed by atoms with Crippen molar-refractivity contribution in [1.29, 1.82) is 0 Å². The van der Waals surface area contributed by atoms with E-state index in [0.717, 1.165) is 29.7 Å². The van der Waals surface area contributed by atoms with Gasteiger partial charge in [-0.2, -0.15) is 0 Å². The summed E-state index contributed by atoms with van der Waals surface area (Å²) in [6.07, 6.45) is 1.59. The Morgan fingerprint density at radius 3 is 2.08 bits per heavy atom. The number of anilines is 1. The number of piperidine rings is 1. The smallest absolute Gasteiger partial charge is 0.321 e. The molecule has 0 aromatic heterocycles. The van der Waals surface area contributed by atoms with Gasteiger partial charge in [0.05, 0.1) is 0 Å². The van der Waals surface area contributed by atoms with Crippen LogP contribution >= 0.6 is 0 Å². The number of benzene rings is 1. The van der Waals surface area contributed by atoms with Crippen molar-refractivity contribution in [3.8, 4) is 0 Å². The van der Waals surface area contributed by atoms with Crippen LogP contribution in [0.2, 0.25) is 0 Å². The monoisotopic (exact) mass is 331 g/mol. The maximum absolute atomic E-state index is 12.4. The molecule has 24 heavy (non-hydrogen) atoms. The van der Waals surface area contributed by atoms with Crippen molar-refractivity contribution in [3.63, 3.8) is 0 Å². The molecule has 1 saturated heterocycles. The van der Waals surface area contributed by atoms with Crippen LogP contribution in [0.3, 0.4) is 0 Å². The second-order valence-electron chi connectivity index (χ2n) is 7.79. The molecule has 1 aliphatic rings. The van der Waals surface area contributed by atoms with Crippen LogP contribution in [-0.4, -0.2) is 36.0 Å². The summed E-state index contributed by atoms with van der Waals surface area (Å²) in [4.78, 5) is 26.3. The molecule has 5 nitrogen and oxygen atoms in total. The maximum Gasteiger partial charge on any atom is 0.321 e. The van der Waals surface area contributed by atoms with Crippen molar-refractivity contribution >= 4 is 17.6 Å². The van der Waals surface area contributed by atoms with E-state index >= 15 is 0 Å². The predicted octanol–water partition coefficient (Wildman–Crippen LogP) is 3.46. The molecule has 0 bridgehead atoms. The zero-order chi connectivity index (χ0) is 17.9. The Morgan fingerprint density at radius 2 is 1.58 bits per heavy atom. The van der Waals surface area contributed by atoms with Gasteiger partial charge in [0.2, 0.25) is 5.91 Å². The highest BCUT2D eigenvalue weighted by atomic mass is 16.2. The van der Waals surface area contributed by atoms with Gasteiger partial charge in [0.15, 0.2) is 0 Å². The molecule has 2 rings (SSSR count). The minimum Gasteiger partial charge on any atom is -0.353 e. The number of likely N-dealkylation sites (tertiary alicyclic amines) is 1. The summed E-state index contributed by atoms with van der Waals surface area (Å²) in [6.45, 7) is 11.1. The third-order valence-corrected chi connectivity index (χ3v) is 4.27. The number of nitrogens with one attached hydrogen (secondary N) is 2. The summed E-state index contributed by atoms with van der Waals surface area (Å²) in [6, 6.07) is 6.11. The lowest BCUT2D eigenvalue weighted by molar-refractivity contribution is -0.129. The molecule has 0 spiro atoms. The van der Waals surface area contributed by atoms with Crippen LogP contribution in [0.1, 0.15) is 44.7 Å². The van der Waals surface area contributed by atoms with E-state index in [-0.39, 0.29) is 23.4 Å². The van der Waals surface area contributed by atoms with Crippen molar-refractivity contribution in [2.24, 2.45) is 5.41 Å². The number of hydrogen-bond donors (Lipinski definition) is 2. The van der Waals surface area contributed by atoms with E-state index in [1.807, 2.05) is 51.7 Å². The first kappa shape index (κ1) is 18.3. The van der Waals surface area contributed by atoms with Gasteiger partial charge in [0.1, 0.15) is 0 Å². The van der Waals surface area contributed by atoms with Gasteiger partial charge >= 0.3 is 6.03 Å². The van der Waals surface area contributed by atoms with E-state index < -0.39 is 0 Å². The van der Waals surface area contributed by atoms with Gasteiger partial charge in [-0.05, 0) is 49.9 Å². The molecule has 0 unspecified atom stereocenters. The molecule has 1 fully saturated rings. The molecule has 3 amide bonds. The van der Waals surface area contributed by atoms with Crippen LogP contribution in [0.15, 0.2) is 18.2 Å². The fourth-order valence-corrected chi connectivity index (χ4v) is 2.88. The highest BCUT2D eigenvalue weighted by molar-refractivity contribution is 5.89. The number of hydrogen-bond acceptors (Lipinski definition) is 2. The van der Waals surface area contributed by atoms with Gasteiger partial charge in [0.25, 0.3) is 0 Å². The van der Waals surface area contributed by atoms with Gasteiger partial charge in [-0.3, -0.25) is 4.79 Å². The molecule has 5 heteroatoms. The van der Waals surface area contributed by atoms with Gasteiger partial charge < -0.3 is 15.5 Å². The number of rotatable bonds is 2. The summed E-state index contributed by atoms with van der Waals surface area (Å²) in [5.41, 5.74) is 2.72. The summed E-state index contributed by atoms with van der Waals surface area (Å²) >= 11 is 0. The fourth-order valence-electron chi connectivity index (χ4n) is 2.88. The Bertz CT molecular complexity index is 591. The Labute approximate surface area is 144 Å². The lowest BCUT2D eigenvalue weighted by atomic mass is 9.94. The van der Waals surface area contributed by atoms with Crippen molar-refractivity contribution in [3.05, 3.63) is 29.3 Å². The number of aryl methyl sites for hydroxylation is 2. The lowest BCUT2D eigenvalue weighted by Gasteiger charge is -2.33. The fraction of sp³-hybridized carbons (Fsp3) is 0.579. The zero-order valence-electron chi connectivity index (χ0n) is 15.4. The maximum atomic E-state index is 12.4. The van der Waals surface area contributed by atoms with Crippen LogP contribution in [0.5, 0.6) is 0 Å². The third kappa shape index (κ3) is 4.98. The van der Waals surface area contributed by atoms with Crippen molar-refractivity contribution in [1.82, 2.24) is 10.2 Å². The van der Waals surface area contributed by atoms with Crippen LogP contribution in [0.25, 0.3) is 0 Å². The normalized spacial score (nSPS) is 16.0. The highest BCUT2D eigenvalue weighted by Crippen LogP contribution is 2.18. The average Bonchev–Trinajstić information content (AvgIpc) is 2.45. The topological polar surface area (TPSA) is 61.4 Å². The summed E-state index contributed by atoms with van der Waals surface area (Å²) in [5.74, 6) is 0.0700. The van der Waals surface area contributed by atoms with E-state index in [0.29, 0.717) is 13.1 Å². The van der Waals surface area contributed by atoms with Crippen molar-refractivity contribution in [2.75, 3.05) is 18.4 Å². The van der Waals surface area contributed by atoms with E-state index in [1.165, 1.54) is 0 Å². The van der Waals surface area contributed by atoms with Gasteiger partial charge in [-0.15, -0.1) is 0 Å². The Hall–Kier alpha value is -2.04. The van der Waals surface area contributed by atoms with Gasteiger partial charge in [-0.25, -0.2) is 4.79 Å². The third-order valence-electron chi connectivity index (χ3n) is 4.27. The summed E-state index contributed by atoms with van der Waals surface area (Å²) in [5, 5.41) is 6.06. The first-order valence-electron chi connectivity index (χ1n) is 8.60. The molecule has 0 aliphatic carbocycles. The minimum absolute atomic E-state index is 0.0689. The number of carbonyl (C=O) groups excluding carboxylic acids is 2.